The zero-order chi connectivity index (χ0) is 12.0. The molecule has 0 saturated heterocycles. The minimum absolute atomic E-state index is 0.316. The Kier molecular flexibility index (Phi) is 5.52. The lowest BCUT2D eigenvalue weighted by Crippen LogP contribution is -2.25. The summed E-state index contributed by atoms with van der Waals surface area (Å²) < 4.78 is 5.31. The molecule has 0 aliphatic carbocycles. The first-order valence-corrected chi connectivity index (χ1v) is 6.57. The van der Waals surface area contributed by atoms with Gasteiger partial charge in [-0.2, -0.15) is 4.98 Å². The topological polar surface area (TPSA) is 47.0 Å². The van der Waals surface area contributed by atoms with E-state index in [9.17, 15) is 0 Å². The Hall–Kier alpha value is -0.840. The Morgan fingerprint density at radius 1 is 1.50 bits per heavy atom. The molecule has 4 nitrogen and oxygen atoms in total. The molecule has 0 bridgehead atoms. The van der Waals surface area contributed by atoms with E-state index in [1.54, 1.807) is 12.3 Å². The molecule has 5 heteroatoms. The number of nitrogens with one attached hydrogen (secondary N) is 1. The SMILES string of the molecule is CCOc1ccnc(NC(C)C(C)CBr)n1. The Balaban J connectivity index is 2.62. The average Bonchev–Trinajstić information content (AvgIpc) is 2.29. The largest absolute Gasteiger partial charge is 0.478 e. The van der Waals surface area contributed by atoms with Gasteiger partial charge in [0.1, 0.15) is 0 Å². The standard InChI is InChI=1S/C11H18BrN3O/c1-4-16-10-5-6-13-11(15-10)14-9(3)8(2)7-12/h5-6,8-9H,4,7H2,1-3H3,(H,13,14,15). The molecule has 1 N–H and O–H groups in total. The van der Waals surface area contributed by atoms with Crippen LogP contribution in [0.4, 0.5) is 5.95 Å². The number of aromatic nitrogens is 2. The summed E-state index contributed by atoms with van der Waals surface area (Å²) in [6, 6.07) is 2.07. The van der Waals surface area contributed by atoms with Crippen LogP contribution in [0.25, 0.3) is 0 Å². The maximum Gasteiger partial charge on any atom is 0.226 e. The van der Waals surface area contributed by atoms with E-state index in [-0.39, 0.29) is 0 Å². The molecule has 1 rings (SSSR count). The van der Waals surface area contributed by atoms with Crippen LogP contribution in [0, 0.1) is 5.92 Å². The Bertz CT molecular complexity index is 322. The van der Waals surface area contributed by atoms with Crippen LogP contribution in [0.15, 0.2) is 12.3 Å². The zero-order valence-corrected chi connectivity index (χ0v) is 11.5. The highest BCUT2D eigenvalue weighted by molar-refractivity contribution is 9.09. The molecule has 0 fully saturated rings. The summed E-state index contributed by atoms with van der Waals surface area (Å²) in [5.41, 5.74) is 0. The Morgan fingerprint density at radius 3 is 2.88 bits per heavy atom. The van der Waals surface area contributed by atoms with E-state index in [0.29, 0.717) is 30.4 Å². The van der Waals surface area contributed by atoms with E-state index >= 15 is 0 Å². The van der Waals surface area contributed by atoms with Crippen LogP contribution in [0.5, 0.6) is 5.88 Å². The number of hydrogen-bond donors (Lipinski definition) is 1. The lowest BCUT2D eigenvalue weighted by atomic mass is 10.1. The summed E-state index contributed by atoms with van der Waals surface area (Å²) in [5.74, 6) is 1.74. The average molecular weight is 288 g/mol. The second kappa shape index (κ2) is 6.68. The van der Waals surface area contributed by atoms with Gasteiger partial charge in [0.15, 0.2) is 0 Å². The predicted molar refractivity (Wildman–Crippen MR) is 69.2 cm³/mol. The second-order valence-electron chi connectivity index (χ2n) is 3.72. The van der Waals surface area contributed by atoms with Gasteiger partial charge >= 0.3 is 0 Å². The van der Waals surface area contributed by atoms with Crippen LogP contribution < -0.4 is 10.1 Å². The van der Waals surface area contributed by atoms with Gasteiger partial charge in [0.05, 0.1) is 6.61 Å². The fraction of sp³-hybridized carbons (Fsp3) is 0.636. The van der Waals surface area contributed by atoms with Gasteiger partial charge in [0, 0.05) is 23.6 Å². The van der Waals surface area contributed by atoms with E-state index < -0.39 is 0 Å². The number of halogens is 1. The number of alkyl halides is 1. The highest BCUT2D eigenvalue weighted by Gasteiger charge is 2.11. The van der Waals surface area contributed by atoms with Crippen molar-refractivity contribution in [3.8, 4) is 5.88 Å². The van der Waals surface area contributed by atoms with Gasteiger partial charge in [0.2, 0.25) is 11.8 Å². The van der Waals surface area contributed by atoms with E-state index in [1.807, 2.05) is 6.92 Å². The molecular weight excluding hydrogens is 270 g/mol. The van der Waals surface area contributed by atoms with Crippen LogP contribution in [-0.4, -0.2) is 27.9 Å². The van der Waals surface area contributed by atoms with Crippen LogP contribution in [0.3, 0.4) is 0 Å². The van der Waals surface area contributed by atoms with Gasteiger partial charge in [-0.05, 0) is 19.8 Å². The molecule has 0 spiro atoms. The minimum atomic E-state index is 0.316. The van der Waals surface area contributed by atoms with Crippen molar-refractivity contribution in [2.75, 3.05) is 17.3 Å². The summed E-state index contributed by atoms with van der Waals surface area (Å²) in [4.78, 5) is 8.42. The number of anilines is 1. The molecule has 0 saturated carbocycles. The molecule has 2 atom stereocenters. The Labute approximate surface area is 105 Å². The predicted octanol–water partition coefficient (Wildman–Crippen LogP) is 2.71. The van der Waals surface area contributed by atoms with Crippen molar-refractivity contribution in [3.05, 3.63) is 12.3 Å². The number of ether oxygens (including phenoxy) is 1. The molecule has 0 aliphatic heterocycles. The third kappa shape index (κ3) is 3.96. The van der Waals surface area contributed by atoms with Gasteiger partial charge in [-0.1, -0.05) is 22.9 Å². The smallest absolute Gasteiger partial charge is 0.226 e. The lowest BCUT2D eigenvalue weighted by Gasteiger charge is -2.19. The molecule has 1 aromatic rings. The molecule has 0 amide bonds. The first-order valence-electron chi connectivity index (χ1n) is 5.45. The van der Waals surface area contributed by atoms with Crippen molar-refractivity contribution < 1.29 is 4.74 Å². The first kappa shape index (κ1) is 13.2. The maximum atomic E-state index is 5.31. The second-order valence-corrected chi connectivity index (χ2v) is 4.36. The molecular formula is C11H18BrN3O. The summed E-state index contributed by atoms with van der Waals surface area (Å²) in [5, 5.41) is 4.21. The molecule has 16 heavy (non-hydrogen) atoms. The van der Waals surface area contributed by atoms with E-state index in [4.69, 9.17) is 4.74 Å². The monoisotopic (exact) mass is 287 g/mol. The normalized spacial score (nSPS) is 14.2. The van der Waals surface area contributed by atoms with E-state index in [1.165, 1.54) is 0 Å². The molecule has 0 radical (unpaired) electrons. The van der Waals surface area contributed by atoms with Crippen molar-refractivity contribution in [1.29, 1.82) is 0 Å². The maximum absolute atomic E-state index is 5.31. The number of hydrogen-bond acceptors (Lipinski definition) is 4. The highest BCUT2D eigenvalue weighted by Crippen LogP contribution is 2.13. The fourth-order valence-corrected chi connectivity index (χ4v) is 1.68. The zero-order valence-electron chi connectivity index (χ0n) is 9.90. The van der Waals surface area contributed by atoms with Gasteiger partial charge < -0.3 is 10.1 Å². The summed E-state index contributed by atoms with van der Waals surface area (Å²) in [7, 11) is 0. The van der Waals surface area contributed by atoms with Crippen molar-refractivity contribution in [2.45, 2.75) is 26.8 Å². The summed E-state index contributed by atoms with van der Waals surface area (Å²) >= 11 is 3.46. The van der Waals surface area contributed by atoms with Crippen LogP contribution >= 0.6 is 15.9 Å². The molecule has 90 valence electrons. The number of rotatable bonds is 6. The minimum Gasteiger partial charge on any atom is -0.478 e. The van der Waals surface area contributed by atoms with Crippen LogP contribution in [0.2, 0.25) is 0 Å². The van der Waals surface area contributed by atoms with Crippen molar-refractivity contribution in [1.82, 2.24) is 9.97 Å². The van der Waals surface area contributed by atoms with Crippen molar-refractivity contribution in [2.24, 2.45) is 5.92 Å². The third-order valence-corrected chi connectivity index (χ3v) is 3.40. The molecule has 2 unspecified atom stereocenters. The van der Waals surface area contributed by atoms with E-state index in [2.05, 4.69) is 45.1 Å². The van der Waals surface area contributed by atoms with Gasteiger partial charge in [-0.3, -0.25) is 0 Å². The van der Waals surface area contributed by atoms with Crippen molar-refractivity contribution in [3.63, 3.8) is 0 Å². The third-order valence-electron chi connectivity index (χ3n) is 2.38. The van der Waals surface area contributed by atoms with E-state index in [0.717, 1.165) is 5.33 Å². The molecule has 1 aromatic heterocycles. The molecule has 1 heterocycles. The molecule has 0 aliphatic rings. The van der Waals surface area contributed by atoms with Crippen LogP contribution in [0.1, 0.15) is 20.8 Å². The van der Waals surface area contributed by atoms with Crippen LogP contribution in [-0.2, 0) is 0 Å². The summed E-state index contributed by atoms with van der Waals surface area (Å²) in [6.45, 7) is 6.83. The van der Waals surface area contributed by atoms with Crippen molar-refractivity contribution >= 4 is 21.9 Å². The van der Waals surface area contributed by atoms with Gasteiger partial charge in [0.25, 0.3) is 0 Å². The van der Waals surface area contributed by atoms with Gasteiger partial charge in [-0.15, -0.1) is 0 Å². The quantitative estimate of drug-likeness (QED) is 0.818. The Morgan fingerprint density at radius 2 is 2.25 bits per heavy atom. The highest BCUT2D eigenvalue weighted by atomic mass is 79.9. The first-order chi connectivity index (χ1) is 7.67. The summed E-state index contributed by atoms with van der Waals surface area (Å²) in [6.07, 6.45) is 1.70. The van der Waals surface area contributed by atoms with Gasteiger partial charge in [-0.25, -0.2) is 4.98 Å². The number of nitrogens with zero attached hydrogens (tertiary/aromatic N) is 2. The lowest BCUT2D eigenvalue weighted by molar-refractivity contribution is 0.326. The fourth-order valence-electron chi connectivity index (χ4n) is 1.12. The molecule has 0 aromatic carbocycles.